The quantitative estimate of drug-likeness (QED) is 0.697. The third kappa shape index (κ3) is 2.54. The summed E-state index contributed by atoms with van der Waals surface area (Å²) in [5.41, 5.74) is 0. The van der Waals surface area contributed by atoms with Crippen LogP contribution in [0.5, 0.6) is 0 Å². The molecule has 1 aliphatic heterocycles. The summed E-state index contributed by atoms with van der Waals surface area (Å²) in [6.07, 6.45) is 6.22. The average Bonchev–Trinajstić information content (AvgIpc) is 2.72. The van der Waals surface area contributed by atoms with Crippen LogP contribution in [0.25, 0.3) is 0 Å². The van der Waals surface area contributed by atoms with Crippen LogP contribution in [-0.2, 0) is 4.79 Å². The molecule has 1 heterocycles. The van der Waals surface area contributed by atoms with Crippen LogP contribution in [0.2, 0.25) is 0 Å². The molecule has 1 saturated heterocycles. The summed E-state index contributed by atoms with van der Waals surface area (Å²) in [5, 5.41) is 5.95. The van der Waals surface area contributed by atoms with Gasteiger partial charge < -0.3 is 15.4 Å². The first-order chi connectivity index (χ1) is 7.66. The number of hydrogen-bond acceptors (Lipinski definition) is 2. The van der Waals surface area contributed by atoms with E-state index in [1.807, 2.05) is 0 Å². The lowest BCUT2D eigenvalue weighted by Crippen LogP contribution is -2.33. The summed E-state index contributed by atoms with van der Waals surface area (Å²) in [7, 11) is 0. The molecule has 1 aliphatic carbocycles. The van der Waals surface area contributed by atoms with Gasteiger partial charge in [-0.05, 0) is 38.5 Å². The monoisotopic (exact) mass is 224 g/mol. The van der Waals surface area contributed by atoms with Crippen LogP contribution in [0.4, 0.5) is 4.79 Å². The van der Waals surface area contributed by atoms with Crippen LogP contribution >= 0.6 is 0 Å². The maximum atomic E-state index is 11.2. The zero-order valence-corrected chi connectivity index (χ0v) is 9.79. The Morgan fingerprint density at radius 2 is 2.12 bits per heavy atom. The number of carbonyl (C=O) groups excluding carboxylic acids is 2. The molecule has 4 nitrogen and oxygen atoms in total. The fraction of sp³-hybridized carbons (Fsp3) is 0.833. The second-order valence-electron chi connectivity index (χ2n) is 5.04. The fourth-order valence-electron chi connectivity index (χ4n) is 2.93. The van der Waals surface area contributed by atoms with E-state index in [9.17, 15) is 9.59 Å². The van der Waals surface area contributed by atoms with Crippen molar-refractivity contribution >= 4 is 11.8 Å². The molecule has 0 aromatic carbocycles. The maximum absolute atomic E-state index is 11.2. The Bertz CT molecular complexity index is 291. The summed E-state index contributed by atoms with van der Waals surface area (Å²) in [6, 6.07) is 0.679. The lowest BCUT2D eigenvalue weighted by atomic mass is 9.95. The Balaban J connectivity index is 1.70. The first-order valence-electron chi connectivity index (χ1n) is 6.23. The van der Waals surface area contributed by atoms with Crippen LogP contribution in [0.15, 0.2) is 0 Å². The van der Waals surface area contributed by atoms with Gasteiger partial charge in [0.15, 0.2) is 0 Å². The van der Waals surface area contributed by atoms with Crippen molar-refractivity contribution in [2.24, 2.45) is 5.92 Å². The third-order valence-corrected chi connectivity index (χ3v) is 3.76. The molecule has 2 N–H and O–H groups in total. The van der Waals surface area contributed by atoms with Gasteiger partial charge in [-0.15, -0.1) is 0 Å². The molecular formula is C12H20N2O2. The molecule has 0 aromatic heterocycles. The van der Waals surface area contributed by atoms with Gasteiger partial charge in [0.1, 0.15) is 5.78 Å². The second-order valence-corrected chi connectivity index (χ2v) is 5.04. The van der Waals surface area contributed by atoms with E-state index < -0.39 is 0 Å². The van der Waals surface area contributed by atoms with Gasteiger partial charge in [-0.3, -0.25) is 0 Å². The third-order valence-electron chi connectivity index (χ3n) is 3.76. The molecule has 0 unspecified atom stereocenters. The summed E-state index contributed by atoms with van der Waals surface area (Å²) in [5.74, 6) is 0.885. The van der Waals surface area contributed by atoms with Crippen molar-refractivity contribution in [2.45, 2.75) is 57.5 Å². The van der Waals surface area contributed by atoms with E-state index in [4.69, 9.17) is 0 Å². The largest absolute Gasteiger partial charge is 0.333 e. The molecule has 2 rings (SSSR count). The molecule has 2 aliphatic rings. The Morgan fingerprint density at radius 1 is 1.31 bits per heavy atom. The molecule has 0 aromatic rings. The molecule has 2 fully saturated rings. The fourth-order valence-corrected chi connectivity index (χ4v) is 2.93. The van der Waals surface area contributed by atoms with Crippen molar-refractivity contribution in [3.63, 3.8) is 0 Å². The molecule has 16 heavy (non-hydrogen) atoms. The van der Waals surface area contributed by atoms with Crippen molar-refractivity contribution in [3.8, 4) is 0 Å². The van der Waals surface area contributed by atoms with Gasteiger partial charge >= 0.3 is 6.03 Å². The summed E-state index contributed by atoms with van der Waals surface area (Å²) >= 11 is 0. The Hall–Kier alpha value is -1.06. The normalized spacial score (nSPS) is 32.1. The minimum absolute atomic E-state index is 0.0107. The van der Waals surface area contributed by atoms with E-state index in [1.165, 1.54) is 6.42 Å². The van der Waals surface area contributed by atoms with E-state index in [0.29, 0.717) is 24.4 Å². The van der Waals surface area contributed by atoms with E-state index in [1.54, 1.807) is 6.92 Å². The molecule has 0 spiro atoms. The summed E-state index contributed by atoms with van der Waals surface area (Å²) in [6.45, 7) is 1.65. The number of rotatable bonds is 5. The lowest BCUT2D eigenvalue weighted by Gasteiger charge is -2.17. The predicted molar refractivity (Wildman–Crippen MR) is 61.1 cm³/mol. The minimum atomic E-state index is -0.0107. The molecule has 1 saturated carbocycles. The van der Waals surface area contributed by atoms with Gasteiger partial charge in [-0.25, -0.2) is 4.79 Å². The zero-order valence-electron chi connectivity index (χ0n) is 9.79. The van der Waals surface area contributed by atoms with Crippen molar-refractivity contribution in [1.29, 1.82) is 0 Å². The number of nitrogens with one attached hydrogen (secondary N) is 2. The highest BCUT2D eigenvalue weighted by atomic mass is 16.2. The first-order valence-corrected chi connectivity index (χ1v) is 6.23. The van der Waals surface area contributed by atoms with Crippen molar-refractivity contribution in [2.75, 3.05) is 0 Å². The van der Waals surface area contributed by atoms with Gasteiger partial charge in [-0.2, -0.15) is 0 Å². The number of Topliss-reactive ketones (excluding diaryl/α,β-unsaturated/α-hetero) is 1. The van der Waals surface area contributed by atoms with Crippen LogP contribution in [0.1, 0.15) is 45.4 Å². The first kappa shape index (κ1) is 11.4. The highest BCUT2D eigenvalue weighted by Gasteiger charge is 2.41. The molecule has 4 heteroatoms. The van der Waals surface area contributed by atoms with E-state index in [2.05, 4.69) is 10.6 Å². The van der Waals surface area contributed by atoms with Crippen LogP contribution in [-0.4, -0.2) is 23.9 Å². The number of hydrogen-bond donors (Lipinski definition) is 2. The standard InChI is InChI=1S/C12H20N2O2/c1-8(15)4-2-3-5-9-6-7-10-11(9)14-12(16)13-10/h9-11H,2-7H2,1H3,(H2,13,14,16)/t9-,10+,11-/m1/s1. The smallest absolute Gasteiger partial charge is 0.315 e. The topological polar surface area (TPSA) is 58.2 Å². The number of urea groups is 1. The number of ketones is 1. The van der Waals surface area contributed by atoms with Gasteiger partial charge in [0, 0.05) is 6.42 Å². The van der Waals surface area contributed by atoms with Gasteiger partial charge in [0.05, 0.1) is 12.1 Å². The Labute approximate surface area is 96.2 Å². The number of amides is 2. The highest BCUT2D eigenvalue weighted by molar-refractivity contribution is 5.77. The molecule has 90 valence electrons. The minimum Gasteiger partial charge on any atom is -0.333 e. The SMILES string of the molecule is CC(=O)CCCC[C@@H]1CC[C@@H]2NC(=O)N[C@H]12. The summed E-state index contributed by atoms with van der Waals surface area (Å²) in [4.78, 5) is 22.0. The number of carbonyl (C=O) groups is 2. The summed E-state index contributed by atoms with van der Waals surface area (Å²) < 4.78 is 0. The molecule has 0 radical (unpaired) electrons. The number of unbranched alkanes of at least 4 members (excludes halogenated alkanes) is 1. The van der Waals surface area contributed by atoms with Crippen molar-refractivity contribution < 1.29 is 9.59 Å². The highest BCUT2D eigenvalue weighted by Crippen LogP contribution is 2.32. The Kier molecular flexibility index (Phi) is 3.46. The number of fused-ring (bicyclic) bond motifs is 1. The van der Waals surface area contributed by atoms with Crippen molar-refractivity contribution in [3.05, 3.63) is 0 Å². The lowest BCUT2D eigenvalue weighted by molar-refractivity contribution is -0.117. The van der Waals surface area contributed by atoms with Gasteiger partial charge in [0.25, 0.3) is 0 Å². The van der Waals surface area contributed by atoms with Crippen LogP contribution in [0, 0.1) is 5.92 Å². The van der Waals surface area contributed by atoms with Crippen LogP contribution in [0.3, 0.4) is 0 Å². The molecule has 0 bridgehead atoms. The van der Waals surface area contributed by atoms with E-state index in [-0.39, 0.29) is 11.8 Å². The van der Waals surface area contributed by atoms with Crippen molar-refractivity contribution in [1.82, 2.24) is 10.6 Å². The molecule has 2 amide bonds. The van der Waals surface area contributed by atoms with Crippen LogP contribution < -0.4 is 10.6 Å². The zero-order chi connectivity index (χ0) is 11.5. The second kappa shape index (κ2) is 4.85. The van der Waals surface area contributed by atoms with Gasteiger partial charge in [0.2, 0.25) is 0 Å². The van der Waals surface area contributed by atoms with E-state index in [0.717, 1.165) is 25.7 Å². The molecule has 3 atom stereocenters. The van der Waals surface area contributed by atoms with Gasteiger partial charge in [-0.1, -0.05) is 6.42 Å². The average molecular weight is 224 g/mol. The molecular weight excluding hydrogens is 204 g/mol. The maximum Gasteiger partial charge on any atom is 0.315 e. The predicted octanol–water partition coefficient (Wildman–Crippen LogP) is 1.60. The van der Waals surface area contributed by atoms with E-state index >= 15 is 0 Å². The Morgan fingerprint density at radius 3 is 2.88 bits per heavy atom.